The normalized spacial score (nSPS) is 10.9. The molecule has 3 N–H and O–H groups in total. The zero-order chi connectivity index (χ0) is 24.7. The lowest BCUT2D eigenvalue weighted by Gasteiger charge is -2.17. The highest BCUT2D eigenvalue weighted by atomic mass is 16.3. The Balaban J connectivity index is 1.79. The number of phenols is 3. The predicted molar refractivity (Wildman–Crippen MR) is 132 cm³/mol. The summed E-state index contributed by atoms with van der Waals surface area (Å²) in [6.07, 6.45) is 0. The van der Waals surface area contributed by atoms with Crippen LogP contribution >= 0.6 is 0 Å². The zero-order valence-electron chi connectivity index (χ0n) is 18.6. The van der Waals surface area contributed by atoms with E-state index in [9.17, 15) is 25.4 Å². The van der Waals surface area contributed by atoms with Crippen LogP contribution in [-0.2, 0) is 0 Å². The van der Waals surface area contributed by atoms with Crippen LogP contribution in [0.1, 0.15) is 11.3 Å². The van der Waals surface area contributed by atoms with Crippen LogP contribution in [-0.4, -0.2) is 24.7 Å². The summed E-state index contributed by atoms with van der Waals surface area (Å²) < 4.78 is 1.74. The molecule has 0 atom stereocenters. The van der Waals surface area contributed by atoms with Crippen molar-refractivity contribution in [2.45, 2.75) is 6.92 Å². The first-order valence-corrected chi connectivity index (χ1v) is 10.8. The standard InChI is InChI=1S/C28H19N3O4/c1-16-12-27(35)30-28-23(15-29)22(20-4-2-3-5-25(20)33)14-24(31(16)28)18-8-6-17(7-9-18)21-13-19(32)10-11-26(21)34/h2-14,32-34H,1H3. The van der Waals surface area contributed by atoms with Gasteiger partial charge in [0.2, 0.25) is 0 Å². The number of aromatic hydroxyl groups is 3. The molecule has 0 spiro atoms. The number of aromatic nitrogens is 2. The van der Waals surface area contributed by atoms with Crippen molar-refractivity contribution in [2.75, 3.05) is 0 Å². The maximum atomic E-state index is 12.3. The first-order chi connectivity index (χ1) is 16.9. The van der Waals surface area contributed by atoms with E-state index in [1.54, 1.807) is 47.7 Å². The second-order valence-electron chi connectivity index (χ2n) is 8.12. The summed E-state index contributed by atoms with van der Waals surface area (Å²) in [4.78, 5) is 16.4. The van der Waals surface area contributed by atoms with Crippen molar-refractivity contribution < 1.29 is 15.3 Å². The van der Waals surface area contributed by atoms with Gasteiger partial charge in [-0.05, 0) is 48.4 Å². The molecule has 0 fully saturated rings. The van der Waals surface area contributed by atoms with E-state index >= 15 is 0 Å². The lowest BCUT2D eigenvalue weighted by atomic mass is 9.96. The maximum absolute atomic E-state index is 12.3. The minimum atomic E-state index is -0.464. The van der Waals surface area contributed by atoms with Gasteiger partial charge in [0.15, 0.2) is 5.65 Å². The molecular weight excluding hydrogens is 442 g/mol. The Morgan fingerprint density at radius 2 is 1.49 bits per heavy atom. The Morgan fingerprint density at radius 1 is 0.800 bits per heavy atom. The Kier molecular flexibility index (Phi) is 5.19. The van der Waals surface area contributed by atoms with Gasteiger partial charge in [-0.25, -0.2) is 0 Å². The smallest absolute Gasteiger partial charge is 0.273 e. The van der Waals surface area contributed by atoms with Gasteiger partial charge in [-0.1, -0.05) is 42.5 Å². The molecule has 7 nitrogen and oxygen atoms in total. The Hall–Kier alpha value is -5.09. The average Bonchev–Trinajstić information content (AvgIpc) is 2.85. The molecule has 35 heavy (non-hydrogen) atoms. The van der Waals surface area contributed by atoms with E-state index in [1.165, 1.54) is 30.3 Å². The third-order valence-corrected chi connectivity index (χ3v) is 5.91. The van der Waals surface area contributed by atoms with Crippen molar-refractivity contribution in [3.8, 4) is 56.8 Å². The number of phenolic OH excluding ortho intramolecular Hbond substituents is 3. The largest absolute Gasteiger partial charge is 0.508 e. The van der Waals surface area contributed by atoms with Crippen molar-refractivity contribution in [1.29, 1.82) is 5.26 Å². The van der Waals surface area contributed by atoms with Crippen LogP contribution in [0.25, 0.3) is 39.2 Å². The van der Waals surface area contributed by atoms with E-state index in [1.807, 2.05) is 12.1 Å². The van der Waals surface area contributed by atoms with Gasteiger partial charge in [-0.15, -0.1) is 0 Å². The number of pyridine rings is 1. The van der Waals surface area contributed by atoms with Gasteiger partial charge in [0.25, 0.3) is 5.56 Å². The molecule has 7 heteroatoms. The minimum Gasteiger partial charge on any atom is -0.508 e. The molecule has 5 rings (SSSR count). The molecule has 0 aliphatic carbocycles. The van der Waals surface area contributed by atoms with Gasteiger partial charge >= 0.3 is 0 Å². The quantitative estimate of drug-likeness (QED) is 0.326. The molecule has 5 aromatic rings. The Labute approximate surface area is 200 Å². The average molecular weight is 461 g/mol. The lowest BCUT2D eigenvalue weighted by Crippen LogP contribution is -2.13. The number of nitrogens with zero attached hydrogens (tertiary/aromatic N) is 3. The highest BCUT2D eigenvalue weighted by molar-refractivity contribution is 5.85. The molecular formula is C28H19N3O4. The number of rotatable bonds is 3. The Morgan fingerprint density at radius 3 is 2.20 bits per heavy atom. The molecule has 0 aliphatic heterocycles. The summed E-state index contributed by atoms with van der Waals surface area (Å²) in [5.41, 5.74) is 4.01. The van der Waals surface area contributed by atoms with Gasteiger partial charge in [-0.3, -0.25) is 9.20 Å². The molecule has 0 bridgehead atoms. The second-order valence-corrected chi connectivity index (χ2v) is 8.12. The van der Waals surface area contributed by atoms with Crippen LogP contribution in [0.2, 0.25) is 0 Å². The SMILES string of the molecule is Cc1cc(=O)nc2c(C#N)c(-c3ccccc3O)cc(-c3ccc(-c4cc(O)ccc4O)cc3)n12. The third kappa shape index (κ3) is 3.73. The van der Waals surface area contributed by atoms with Crippen LogP contribution in [0, 0.1) is 18.3 Å². The number of fused-ring (bicyclic) bond motifs is 1. The number of nitriles is 1. The number of aryl methyl sites for hydroxylation is 1. The predicted octanol–water partition coefficient (Wildman–Crippen LogP) is 4.99. The van der Waals surface area contributed by atoms with Crippen LogP contribution in [0.3, 0.4) is 0 Å². The van der Waals surface area contributed by atoms with Crippen LogP contribution in [0.15, 0.2) is 83.7 Å². The first kappa shape index (κ1) is 21.7. The number of benzene rings is 3. The molecule has 0 unspecified atom stereocenters. The van der Waals surface area contributed by atoms with E-state index in [-0.39, 0.29) is 28.5 Å². The van der Waals surface area contributed by atoms with E-state index in [0.717, 1.165) is 5.56 Å². The highest BCUT2D eigenvalue weighted by Crippen LogP contribution is 2.38. The number of hydrogen-bond donors (Lipinski definition) is 3. The fourth-order valence-electron chi connectivity index (χ4n) is 4.27. The third-order valence-electron chi connectivity index (χ3n) is 5.91. The monoisotopic (exact) mass is 461 g/mol. The second kappa shape index (κ2) is 8.36. The molecule has 2 heterocycles. The summed E-state index contributed by atoms with van der Waals surface area (Å²) in [6.45, 7) is 1.76. The van der Waals surface area contributed by atoms with Gasteiger partial charge in [-0.2, -0.15) is 10.2 Å². The number of para-hydroxylation sites is 1. The summed E-state index contributed by atoms with van der Waals surface area (Å²) in [5, 5.41) is 40.5. The highest BCUT2D eigenvalue weighted by Gasteiger charge is 2.19. The van der Waals surface area contributed by atoms with Crippen LogP contribution in [0.5, 0.6) is 17.2 Å². The van der Waals surface area contributed by atoms with Gasteiger partial charge in [0, 0.05) is 28.5 Å². The van der Waals surface area contributed by atoms with Crippen LogP contribution in [0.4, 0.5) is 0 Å². The first-order valence-electron chi connectivity index (χ1n) is 10.8. The molecule has 0 amide bonds. The molecule has 0 radical (unpaired) electrons. The lowest BCUT2D eigenvalue weighted by molar-refractivity contribution is 0.462. The van der Waals surface area contributed by atoms with E-state index < -0.39 is 5.56 Å². The topological polar surface area (TPSA) is 119 Å². The Bertz CT molecular complexity index is 1710. The van der Waals surface area contributed by atoms with Crippen molar-refractivity contribution in [3.05, 3.63) is 100 Å². The minimum absolute atomic E-state index is 0.00371. The van der Waals surface area contributed by atoms with Crippen molar-refractivity contribution >= 4 is 5.65 Å². The van der Waals surface area contributed by atoms with E-state index in [0.29, 0.717) is 33.6 Å². The summed E-state index contributed by atoms with van der Waals surface area (Å²) in [5.74, 6) is 0.0839. The number of hydrogen-bond acceptors (Lipinski definition) is 6. The van der Waals surface area contributed by atoms with E-state index in [4.69, 9.17) is 0 Å². The fraction of sp³-hybridized carbons (Fsp3) is 0.0357. The zero-order valence-corrected chi connectivity index (χ0v) is 18.6. The maximum Gasteiger partial charge on any atom is 0.273 e. The molecule has 0 saturated heterocycles. The van der Waals surface area contributed by atoms with Crippen molar-refractivity contribution in [2.24, 2.45) is 0 Å². The molecule has 0 aliphatic rings. The van der Waals surface area contributed by atoms with Gasteiger partial charge < -0.3 is 15.3 Å². The summed E-state index contributed by atoms with van der Waals surface area (Å²) in [7, 11) is 0. The summed E-state index contributed by atoms with van der Waals surface area (Å²) >= 11 is 0. The van der Waals surface area contributed by atoms with Gasteiger partial charge in [0.05, 0.1) is 5.69 Å². The molecule has 0 saturated carbocycles. The molecule has 3 aromatic carbocycles. The van der Waals surface area contributed by atoms with Crippen molar-refractivity contribution in [3.63, 3.8) is 0 Å². The van der Waals surface area contributed by atoms with Crippen LogP contribution < -0.4 is 5.56 Å². The fourth-order valence-corrected chi connectivity index (χ4v) is 4.27. The molecule has 2 aromatic heterocycles. The molecule has 170 valence electrons. The summed E-state index contributed by atoms with van der Waals surface area (Å²) in [6, 6.07) is 23.6. The van der Waals surface area contributed by atoms with E-state index in [2.05, 4.69) is 11.1 Å². The van der Waals surface area contributed by atoms with Crippen molar-refractivity contribution in [1.82, 2.24) is 9.38 Å². The van der Waals surface area contributed by atoms with Gasteiger partial charge in [0.1, 0.15) is 28.9 Å².